The molecule has 5 nitrogen and oxygen atoms in total. The van der Waals surface area contributed by atoms with Crippen molar-refractivity contribution < 1.29 is 13.2 Å². The lowest BCUT2D eigenvalue weighted by Crippen LogP contribution is -2.38. The van der Waals surface area contributed by atoms with Crippen molar-refractivity contribution in [2.24, 2.45) is 0 Å². The third-order valence-electron chi connectivity index (χ3n) is 4.62. The Kier molecular flexibility index (Phi) is 6.33. The number of piperidine rings is 1. The molecule has 0 amide bonds. The van der Waals surface area contributed by atoms with Gasteiger partial charge in [-0.3, -0.25) is 0 Å². The first-order valence-electron chi connectivity index (χ1n) is 9.14. The molecule has 0 bridgehead atoms. The second kappa shape index (κ2) is 8.72. The zero-order chi connectivity index (χ0) is 20.1. The molecule has 1 fully saturated rings. The predicted octanol–water partition coefficient (Wildman–Crippen LogP) is 4.36. The van der Waals surface area contributed by atoms with Gasteiger partial charge in [-0.15, -0.1) is 0 Å². The fourth-order valence-corrected chi connectivity index (χ4v) is 3.31. The van der Waals surface area contributed by atoms with Crippen LogP contribution in [0.5, 0.6) is 0 Å². The lowest BCUT2D eigenvalue weighted by atomic mass is 10.0. The molecule has 9 heteroatoms. The number of halogens is 3. The molecular formula is C19H22F3N5S. The maximum atomic E-state index is 13.3. The molecule has 1 atom stereocenters. The molecule has 0 spiro atoms. The molecule has 28 heavy (non-hydrogen) atoms. The molecule has 0 radical (unpaired) electrons. The quantitative estimate of drug-likeness (QED) is 0.732. The summed E-state index contributed by atoms with van der Waals surface area (Å²) in [5.74, 6) is 0.107. The smallest absolute Gasteiger partial charge is 0.358 e. The summed E-state index contributed by atoms with van der Waals surface area (Å²) < 4.78 is 40.0. The number of nitrogens with one attached hydrogen (secondary N) is 2. The van der Waals surface area contributed by atoms with Crippen LogP contribution in [-0.2, 0) is 12.7 Å². The van der Waals surface area contributed by atoms with Gasteiger partial charge < -0.3 is 15.5 Å². The Balaban J connectivity index is 1.77. The Bertz CT molecular complexity index is 813. The SMILES string of the molecule is C[C@@H]1CCCCN1c1cc(C(F)(F)F)nc(NC(=S)NCc2ccccc2)n1. The van der Waals surface area contributed by atoms with E-state index >= 15 is 0 Å². The van der Waals surface area contributed by atoms with Crippen molar-refractivity contribution in [3.63, 3.8) is 0 Å². The van der Waals surface area contributed by atoms with Crippen LogP contribution in [0, 0.1) is 0 Å². The van der Waals surface area contributed by atoms with E-state index in [0.717, 1.165) is 30.9 Å². The molecule has 2 aromatic rings. The van der Waals surface area contributed by atoms with Crippen LogP contribution in [0.15, 0.2) is 36.4 Å². The van der Waals surface area contributed by atoms with Crippen LogP contribution < -0.4 is 15.5 Å². The van der Waals surface area contributed by atoms with Gasteiger partial charge in [-0.2, -0.15) is 18.2 Å². The number of alkyl halides is 3. The van der Waals surface area contributed by atoms with Gasteiger partial charge in [0.15, 0.2) is 10.8 Å². The average Bonchev–Trinajstić information content (AvgIpc) is 2.66. The van der Waals surface area contributed by atoms with Gasteiger partial charge in [0.05, 0.1) is 0 Å². The number of hydrogen-bond acceptors (Lipinski definition) is 4. The second-order valence-electron chi connectivity index (χ2n) is 6.76. The van der Waals surface area contributed by atoms with E-state index in [1.807, 2.05) is 42.2 Å². The Morgan fingerprint density at radius 1 is 1.21 bits per heavy atom. The third-order valence-corrected chi connectivity index (χ3v) is 4.87. The highest BCUT2D eigenvalue weighted by atomic mass is 32.1. The van der Waals surface area contributed by atoms with Crippen molar-refractivity contribution in [3.8, 4) is 0 Å². The average molecular weight is 409 g/mol. The van der Waals surface area contributed by atoms with Gasteiger partial charge in [-0.05, 0) is 44.0 Å². The van der Waals surface area contributed by atoms with E-state index in [4.69, 9.17) is 12.2 Å². The Morgan fingerprint density at radius 3 is 2.64 bits per heavy atom. The molecule has 3 rings (SSSR count). The fraction of sp³-hybridized carbons (Fsp3) is 0.421. The molecule has 0 aliphatic carbocycles. The van der Waals surface area contributed by atoms with Crippen molar-refractivity contribution in [2.45, 2.75) is 44.9 Å². The van der Waals surface area contributed by atoms with Crippen LogP contribution in [0.25, 0.3) is 0 Å². The molecule has 1 aromatic heterocycles. The molecule has 0 saturated carbocycles. The molecular weight excluding hydrogens is 387 g/mol. The summed E-state index contributed by atoms with van der Waals surface area (Å²) in [5.41, 5.74) is 0.0167. The minimum Gasteiger partial charge on any atom is -0.358 e. The zero-order valence-corrected chi connectivity index (χ0v) is 16.3. The predicted molar refractivity (Wildman–Crippen MR) is 107 cm³/mol. The maximum Gasteiger partial charge on any atom is 0.433 e. The largest absolute Gasteiger partial charge is 0.433 e. The molecule has 1 aromatic carbocycles. The molecule has 1 saturated heterocycles. The summed E-state index contributed by atoms with van der Waals surface area (Å²) in [6, 6.07) is 10.7. The van der Waals surface area contributed by atoms with E-state index in [9.17, 15) is 13.2 Å². The van der Waals surface area contributed by atoms with Gasteiger partial charge in [0.1, 0.15) is 5.82 Å². The monoisotopic (exact) mass is 409 g/mol. The Hall–Kier alpha value is -2.42. The number of thiocarbonyl (C=S) groups is 1. The van der Waals surface area contributed by atoms with Gasteiger partial charge in [-0.1, -0.05) is 30.3 Å². The van der Waals surface area contributed by atoms with Crippen LogP contribution in [0.2, 0.25) is 0 Å². The van der Waals surface area contributed by atoms with E-state index in [1.54, 1.807) is 0 Å². The summed E-state index contributed by atoms with van der Waals surface area (Å²) in [4.78, 5) is 9.81. The number of nitrogens with zero attached hydrogens (tertiary/aromatic N) is 3. The van der Waals surface area contributed by atoms with E-state index < -0.39 is 11.9 Å². The number of hydrogen-bond donors (Lipinski definition) is 2. The first kappa shape index (κ1) is 20.3. The topological polar surface area (TPSA) is 53.1 Å². The van der Waals surface area contributed by atoms with Gasteiger partial charge in [0.2, 0.25) is 5.95 Å². The first-order valence-corrected chi connectivity index (χ1v) is 9.55. The van der Waals surface area contributed by atoms with Gasteiger partial charge in [0, 0.05) is 25.2 Å². The van der Waals surface area contributed by atoms with Crippen molar-refractivity contribution >= 4 is 29.1 Å². The van der Waals surface area contributed by atoms with Gasteiger partial charge in [0.25, 0.3) is 0 Å². The van der Waals surface area contributed by atoms with Crippen molar-refractivity contribution in [3.05, 3.63) is 47.7 Å². The minimum atomic E-state index is -4.56. The second-order valence-corrected chi connectivity index (χ2v) is 7.17. The highest BCUT2D eigenvalue weighted by molar-refractivity contribution is 7.80. The van der Waals surface area contributed by atoms with Gasteiger partial charge in [-0.25, -0.2) is 4.98 Å². The standard InChI is InChI=1S/C19H22F3N5S/c1-13-7-5-6-10-27(13)16-11-15(19(20,21)22)24-17(25-16)26-18(28)23-12-14-8-3-2-4-9-14/h2-4,8-9,11,13H,5-7,10,12H2,1H3,(H2,23,24,25,26,28)/t13-/m1/s1. The van der Waals surface area contributed by atoms with Crippen molar-refractivity contribution in [2.75, 3.05) is 16.8 Å². The first-order chi connectivity index (χ1) is 13.3. The number of rotatable bonds is 4. The minimum absolute atomic E-state index is 0.126. The Morgan fingerprint density at radius 2 is 1.96 bits per heavy atom. The Labute approximate surface area is 167 Å². The van der Waals surface area contributed by atoms with Crippen LogP contribution in [-0.4, -0.2) is 27.7 Å². The fourth-order valence-electron chi connectivity index (χ4n) is 3.15. The van der Waals surface area contributed by atoms with Crippen LogP contribution in [0.3, 0.4) is 0 Å². The number of aromatic nitrogens is 2. The van der Waals surface area contributed by atoms with E-state index in [0.29, 0.717) is 13.1 Å². The third kappa shape index (κ3) is 5.31. The van der Waals surface area contributed by atoms with Crippen LogP contribution in [0.4, 0.5) is 24.9 Å². The number of benzene rings is 1. The lowest BCUT2D eigenvalue weighted by molar-refractivity contribution is -0.141. The highest BCUT2D eigenvalue weighted by Crippen LogP contribution is 2.32. The maximum absolute atomic E-state index is 13.3. The normalized spacial score (nSPS) is 17.3. The summed E-state index contributed by atoms with van der Waals surface area (Å²) in [7, 11) is 0. The zero-order valence-electron chi connectivity index (χ0n) is 15.5. The van der Waals surface area contributed by atoms with Crippen LogP contribution in [0.1, 0.15) is 37.4 Å². The summed E-state index contributed by atoms with van der Waals surface area (Å²) in [6.45, 7) is 3.11. The van der Waals surface area contributed by atoms with E-state index in [-0.39, 0.29) is 22.9 Å². The summed E-state index contributed by atoms with van der Waals surface area (Å²) in [6.07, 6.45) is -1.65. The summed E-state index contributed by atoms with van der Waals surface area (Å²) in [5, 5.41) is 5.82. The molecule has 150 valence electrons. The highest BCUT2D eigenvalue weighted by Gasteiger charge is 2.35. The lowest BCUT2D eigenvalue weighted by Gasteiger charge is -2.34. The molecule has 2 N–H and O–H groups in total. The molecule has 0 unspecified atom stereocenters. The van der Waals surface area contributed by atoms with Gasteiger partial charge >= 0.3 is 6.18 Å². The number of anilines is 2. The summed E-state index contributed by atoms with van der Waals surface area (Å²) >= 11 is 5.20. The molecule has 1 aliphatic rings. The van der Waals surface area contributed by atoms with Crippen molar-refractivity contribution in [1.82, 2.24) is 15.3 Å². The molecule has 1 aliphatic heterocycles. The van der Waals surface area contributed by atoms with Crippen LogP contribution >= 0.6 is 12.2 Å². The van der Waals surface area contributed by atoms with Crippen molar-refractivity contribution in [1.29, 1.82) is 0 Å². The van der Waals surface area contributed by atoms with E-state index in [1.165, 1.54) is 0 Å². The molecule has 2 heterocycles. The van der Waals surface area contributed by atoms with E-state index in [2.05, 4.69) is 20.6 Å².